The molecular formula is C11H16N2OS2. The van der Waals surface area contributed by atoms with Crippen LogP contribution in [0.4, 0.5) is 0 Å². The number of thiocarbonyl (C=S) groups is 1. The Morgan fingerprint density at radius 1 is 1.62 bits per heavy atom. The number of rotatable bonds is 5. The summed E-state index contributed by atoms with van der Waals surface area (Å²) >= 11 is 6.66. The molecule has 0 fully saturated rings. The van der Waals surface area contributed by atoms with Crippen molar-refractivity contribution in [3.8, 4) is 0 Å². The van der Waals surface area contributed by atoms with E-state index in [0.29, 0.717) is 11.8 Å². The molecule has 1 aromatic heterocycles. The second-order valence-corrected chi connectivity index (χ2v) is 4.68. The predicted octanol–water partition coefficient (Wildman–Crippen LogP) is 2.14. The van der Waals surface area contributed by atoms with Gasteiger partial charge in [0.25, 0.3) is 5.17 Å². The highest BCUT2D eigenvalue weighted by Crippen LogP contribution is 2.12. The van der Waals surface area contributed by atoms with Crippen LogP contribution in [0, 0.1) is 6.92 Å². The highest BCUT2D eigenvalue weighted by atomic mass is 32.2. The molecule has 0 aliphatic carbocycles. The highest BCUT2D eigenvalue weighted by molar-refractivity contribution is 7.98. The van der Waals surface area contributed by atoms with Crippen molar-refractivity contribution in [2.75, 3.05) is 19.4 Å². The maximum atomic E-state index is 5.24. The van der Waals surface area contributed by atoms with Gasteiger partial charge in [-0.1, -0.05) is 6.07 Å². The summed E-state index contributed by atoms with van der Waals surface area (Å²) in [5.74, 6) is 1.83. The number of hydrogen-bond donors (Lipinski definition) is 1. The summed E-state index contributed by atoms with van der Waals surface area (Å²) in [4.78, 5) is 4.33. The van der Waals surface area contributed by atoms with E-state index in [2.05, 4.69) is 23.3 Å². The summed E-state index contributed by atoms with van der Waals surface area (Å²) in [6.45, 7) is 2.71. The molecule has 1 rings (SSSR count). The number of hydrogen-bond acceptors (Lipinski definition) is 4. The third kappa shape index (κ3) is 4.81. The van der Waals surface area contributed by atoms with E-state index in [9.17, 15) is 0 Å². The van der Waals surface area contributed by atoms with Crippen LogP contribution < -0.4 is 5.32 Å². The molecular weight excluding hydrogens is 240 g/mol. The number of thioether (sulfide) groups is 1. The fourth-order valence-electron chi connectivity index (χ4n) is 1.10. The van der Waals surface area contributed by atoms with Crippen LogP contribution in [0.1, 0.15) is 11.3 Å². The van der Waals surface area contributed by atoms with E-state index in [4.69, 9.17) is 17.0 Å². The third-order valence-corrected chi connectivity index (χ3v) is 3.28. The van der Waals surface area contributed by atoms with Crippen LogP contribution in [-0.4, -0.2) is 29.6 Å². The smallest absolute Gasteiger partial charge is 0.256 e. The molecule has 1 aromatic rings. The monoisotopic (exact) mass is 256 g/mol. The van der Waals surface area contributed by atoms with E-state index >= 15 is 0 Å². The molecule has 0 bridgehead atoms. The first-order valence-corrected chi connectivity index (χ1v) is 6.63. The number of nitrogens with one attached hydrogen (secondary N) is 1. The minimum absolute atomic E-state index is 0.453. The van der Waals surface area contributed by atoms with E-state index in [-0.39, 0.29) is 0 Å². The van der Waals surface area contributed by atoms with Crippen molar-refractivity contribution in [1.29, 1.82) is 0 Å². The van der Waals surface area contributed by atoms with Gasteiger partial charge in [-0.3, -0.25) is 4.98 Å². The Kier molecular flexibility index (Phi) is 6.18. The molecule has 3 nitrogen and oxygen atoms in total. The standard InChI is InChI=1S/C11H16N2OS2/c1-9-4-3-5-13-10(9)8-16-7-6-14-11(15)12-2/h3-5H,6-8H2,1-2H3,(H,12,15). The van der Waals surface area contributed by atoms with Crippen LogP contribution in [0.2, 0.25) is 0 Å². The minimum Gasteiger partial charge on any atom is -0.470 e. The van der Waals surface area contributed by atoms with E-state index in [1.807, 2.05) is 12.3 Å². The zero-order valence-corrected chi connectivity index (χ0v) is 11.2. The summed E-state index contributed by atoms with van der Waals surface area (Å²) in [6, 6.07) is 4.04. The number of nitrogens with zero attached hydrogens (tertiary/aromatic N) is 1. The second kappa shape index (κ2) is 7.46. The number of aryl methyl sites for hydroxylation is 1. The quantitative estimate of drug-likeness (QED) is 0.645. The summed E-state index contributed by atoms with van der Waals surface area (Å²) in [5.41, 5.74) is 2.38. The maximum absolute atomic E-state index is 5.24. The lowest BCUT2D eigenvalue weighted by atomic mass is 10.2. The maximum Gasteiger partial charge on any atom is 0.256 e. The van der Waals surface area contributed by atoms with E-state index in [1.54, 1.807) is 18.8 Å². The molecule has 0 amide bonds. The molecule has 1 heterocycles. The van der Waals surface area contributed by atoms with Crippen molar-refractivity contribution in [2.45, 2.75) is 12.7 Å². The van der Waals surface area contributed by atoms with Crippen LogP contribution in [-0.2, 0) is 10.5 Å². The van der Waals surface area contributed by atoms with Crippen LogP contribution in [0.15, 0.2) is 18.3 Å². The lowest BCUT2D eigenvalue weighted by molar-refractivity contribution is 0.327. The van der Waals surface area contributed by atoms with Gasteiger partial charge in [-0.05, 0) is 30.8 Å². The molecule has 0 saturated heterocycles. The lowest BCUT2D eigenvalue weighted by Gasteiger charge is -2.06. The average molecular weight is 256 g/mol. The molecule has 0 aliphatic heterocycles. The molecule has 0 saturated carbocycles. The Labute approximate surface area is 106 Å². The van der Waals surface area contributed by atoms with E-state index in [1.165, 1.54) is 5.56 Å². The molecule has 88 valence electrons. The van der Waals surface area contributed by atoms with Gasteiger partial charge in [-0.15, -0.1) is 0 Å². The van der Waals surface area contributed by atoms with Gasteiger partial charge in [0.2, 0.25) is 0 Å². The molecule has 0 aromatic carbocycles. The van der Waals surface area contributed by atoms with Gasteiger partial charge in [-0.2, -0.15) is 11.8 Å². The van der Waals surface area contributed by atoms with Crippen molar-refractivity contribution in [1.82, 2.24) is 10.3 Å². The van der Waals surface area contributed by atoms with Crippen molar-refractivity contribution in [2.24, 2.45) is 0 Å². The zero-order valence-electron chi connectivity index (χ0n) is 9.53. The second-order valence-electron chi connectivity index (χ2n) is 3.21. The van der Waals surface area contributed by atoms with Gasteiger partial charge >= 0.3 is 0 Å². The van der Waals surface area contributed by atoms with Crippen LogP contribution in [0.25, 0.3) is 0 Å². The first kappa shape index (κ1) is 13.3. The van der Waals surface area contributed by atoms with Gasteiger partial charge in [0, 0.05) is 24.8 Å². The van der Waals surface area contributed by atoms with Crippen LogP contribution >= 0.6 is 24.0 Å². The molecule has 16 heavy (non-hydrogen) atoms. The molecule has 0 unspecified atom stereocenters. The van der Waals surface area contributed by atoms with Crippen LogP contribution in [0.3, 0.4) is 0 Å². The minimum atomic E-state index is 0.453. The van der Waals surface area contributed by atoms with Gasteiger partial charge in [0.15, 0.2) is 0 Å². The molecule has 5 heteroatoms. The van der Waals surface area contributed by atoms with Crippen molar-refractivity contribution < 1.29 is 4.74 Å². The molecule has 0 atom stereocenters. The first-order valence-electron chi connectivity index (χ1n) is 5.06. The Hall–Kier alpha value is -0.810. The van der Waals surface area contributed by atoms with Gasteiger partial charge in [0.1, 0.15) is 0 Å². The Morgan fingerprint density at radius 3 is 3.12 bits per heavy atom. The Bertz CT molecular complexity index is 345. The highest BCUT2D eigenvalue weighted by Gasteiger charge is 1.99. The van der Waals surface area contributed by atoms with Crippen molar-refractivity contribution >= 4 is 29.2 Å². The topological polar surface area (TPSA) is 34.1 Å². The number of pyridine rings is 1. The van der Waals surface area contributed by atoms with E-state index in [0.717, 1.165) is 17.2 Å². The van der Waals surface area contributed by atoms with Gasteiger partial charge < -0.3 is 10.1 Å². The van der Waals surface area contributed by atoms with Gasteiger partial charge in [0.05, 0.1) is 12.3 Å². The first-order chi connectivity index (χ1) is 7.74. The molecule has 0 radical (unpaired) electrons. The number of ether oxygens (including phenoxy) is 1. The summed E-state index contributed by atoms with van der Waals surface area (Å²) in [6.07, 6.45) is 1.83. The van der Waals surface area contributed by atoms with Crippen molar-refractivity contribution in [3.05, 3.63) is 29.6 Å². The summed E-state index contributed by atoms with van der Waals surface area (Å²) in [5, 5.41) is 3.22. The van der Waals surface area contributed by atoms with Crippen molar-refractivity contribution in [3.63, 3.8) is 0 Å². The summed E-state index contributed by atoms with van der Waals surface area (Å²) < 4.78 is 5.24. The fourth-order valence-corrected chi connectivity index (χ4v) is 2.03. The Balaban J connectivity index is 2.17. The fraction of sp³-hybridized carbons (Fsp3) is 0.455. The lowest BCUT2D eigenvalue weighted by Crippen LogP contribution is -2.19. The molecule has 0 spiro atoms. The SMILES string of the molecule is CNC(=S)OCCSCc1ncccc1C. The normalized spacial score (nSPS) is 9.88. The zero-order chi connectivity index (χ0) is 11.8. The van der Waals surface area contributed by atoms with E-state index < -0.39 is 0 Å². The van der Waals surface area contributed by atoms with Gasteiger partial charge in [-0.25, -0.2) is 0 Å². The van der Waals surface area contributed by atoms with Crippen LogP contribution in [0.5, 0.6) is 0 Å². The molecule has 0 aliphatic rings. The average Bonchev–Trinajstić information content (AvgIpc) is 2.30. The molecule has 1 N–H and O–H groups in total. The Morgan fingerprint density at radius 2 is 2.44 bits per heavy atom. The largest absolute Gasteiger partial charge is 0.470 e. The third-order valence-electron chi connectivity index (χ3n) is 2.02. The summed E-state index contributed by atoms with van der Waals surface area (Å²) in [7, 11) is 1.76. The number of aromatic nitrogens is 1. The predicted molar refractivity (Wildman–Crippen MR) is 72.7 cm³/mol.